The molecule has 4 heterocycles. The molecule has 7 nitrogen and oxygen atoms in total. The number of imidazole rings is 1. The number of halogens is 2. The number of hydrogen-bond donors (Lipinski definition) is 1. The molecule has 0 aliphatic heterocycles. The third kappa shape index (κ3) is 4.75. The zero-order valence-corrected chi connectivity index (χ0v) is 17.8. The average Bonchev–Trinajstić information content (AvgIpc) is 3.29. The largest absolute Gasteiger partial charge is 0.443 e. The quantitative estimate of drug-likeness (QED) is 0.502. The van der Waals surface area contributed by atoms with Gasteiger partial charge in [0, 0.05) is 29.1 Å². The SMILES string of the molecule is CC(C)(C)c1ccc(C(=O)Nc2cn3cc(-c4cnco4)ccc3n2)cn1.Cl.Cl. The van der Waals surface area contributed by atoms with Crippen LogP contribution in [-0.4, -0.2) is 25.3 Å². The lowest BCUT2D eigenvalue weighted by Crippen LogP contribution is -2.16. The minimum Gasteiger partial charge on any atom is -0.443 e. The summed E-state index contributed by atoms with van der Waals surface area (Å²) in [6.45, 7) is 6.25. The molecular formula is C20H21Cl2N5O2. The predicted octanol–water partition coefficient (Wildman–Crippen LogP) is 4.78. The van der Waals surface area contributed by atoms with Crippen molar-refractivity contribution in [2.75, 3.05) is 5.32 Å². The molecule has 0 saturated carbocycles. The summed E-state index contributed by atoms with van der Waals surface area (Å²) in [7, 11) is 0. The zero-order chi connectivity index (χ0) is 19.0. The number of oxazole rings is 1. The first-order chi connectivity index (χ1) is 12.9. The first-order valence-electron chi connectivity index (χ1n) is 8.56. The second-order valence-corrected chi connectivity index (χ2v) is 7.31. The highest BCUT2D eigenvalue weighted by atomic mass is 35.5. The first-order valence-corrected chi connectivity index (χ1v) is 8.56. The molecule has 9 heteroatoms. The lowest BCUT2D eigenvalue weighted by atomic mass is 9.91. The molecule has 4 aromatic rings. The highest BCUT2D eigenvalue weighted by molar-refractivity contribution is 6.03. The highest BCUT2D eigenvalue weighted by Gasteiger charge is 2.16. The van der Waals surface area contributed by atoms with E-state index in [1.807, 2.05) is 28.8 Å². The van der Waals surface area contributed by atoms with E-state index < -0.39 is 0 Å². The van der Waals surface area contributed by atoms with Crippen molar-refractivity contribution >= 4 is 42.2 Å². The van der Waals surface area contributed by atoms with Crippen LogP contribution in [0.2, 0.25) is 0 Å². The number of anilines is 1. The van der Waals surface area contributed by atoms with E-state index in [9.17, 15) is 4.79 Å². The first kappa shape index (κ1) is 22.4. The molecule has 0 bridgehead atoms. The van der Waals surface area contributed by atoms with Gasteiger partial charge in [0.25, 0.3) is 5.91 Å². The molecule has 1 amide bonds. The van der Waals surface area contributed by atoms with E-state index in [2.05, 4.69) is 41.0 Å². The molecule has 0 atom stereocenters. The average molecular weight is 434 g/mol. The van der Waals surface area contributed by atoms with E-state index in [1.165, 1.54) is 6.39 Å². The Kier molecular flexibility index (Phi) is 6.66. The standard InChI is InChI=1S/C20H19N5O2.2ClH/c1-20(2,3)16-6-4-13(8-22-16)19(26)24-17-11-25-10-14(5-7-18(25)23-17)15-9-21-12-27-15;;/h4-12H,1-3H3,(H,24,26);2*1H. The number of nitrogens with one attached hydrogen (secondary N) is 1. The Hall–Kier alpha value is -2.90. The van der Waals surface area contributed by atoms with E-state index in [1.54, 1.807) is 24.7 Å². The number of pyridine rings is 2. The monoisotopic (exact) mass is 433 g/mol. The highest BCUT2D eigenvalue weighted by Crippen LogP contribution is 2.22. The maximum absolute atomic E-state index is 12.5. The van der Waals surface area contributed by atoms with Crippen molar-refractivity contribution in [1.82, 2.24) is 19.4 Å². The lowest BCUT2D eigenvalue weighted by molar-refractivity contribution is 0.102. The van der Waals surface area contributed by atoms with Gasteiger partial charge < -0.3 is 14.1 Å². The van der Waals surface area contributed by atoms with E-state index in [0.29, 0.717) is 17.1 Å². The van der Waals surface area contributed by atoms with Gasteiger partial charge in [0.1, 0.15) is 5.65 Å². The number of carbonyl (C=O) groups is 1. The van der Waals surface area contributed by atoms with Gasteiger partial charge in [0.05, 0.1) is 18.0 Å². The summed E-state index contributed by atoms with van der Waals surface area (Å²) in [5.41, 5.74) is 2.96. The van der Waals surface area contributed by atoms with Gasteiger partial charge in [-0.3, -0.25) is 9.78 Å². The molecule has 0 radical (unpaired) electrons. The van der Waals surface area contributed by atoms with Crippen LogP contribution in [0.15, 0.2) is 59.9 Å². The Bertz CT molecular complexity index is 1100. The second kappa shape index (κ2) is 8.63. The molecule has 0 saturated heterocycles. The number of carbonyl (C=O) groups excluding carboxylic acids is 1. The van der Waals surface area contributed by atoms with E-state index in [0.717, 1.165) is 16.9 Å². The minimum atomic E-state index is -0.248. The summed E-state index contributed by atoms with van der Waals surface area (Å²) in [6, 6.07) is 7.40. The molecule has 0 unspecified atom stereocenters. The molecule has 0 aliphatic carbocycles. The Morgan fingerprint density at radius 3 is 2.48 bits per heavy atom. The topological polar surface area (TPSA) is 85.3 Å². The van der Waals surface area contributed by atoms with Crippen LogP contribution in [0.4, 0.5) is 5.82 Å². The van der Waals surface area contributed by atoms with Gasteiger partial charge in [-0.25, -0.2) is 9.97 Å². The van der Waals surface area contributed by atoms with Crippen molar-refractivity contribution in [3.05, 3.63) is 66.7 Å². The molecule has 4 aromatic heterocycles. The van der Waals surface area contributed by atoms with E-state index >= 15 is 0 Å². The number of nitrogens with zero attached hydrogens (tertiary/aromatic N) is 4. The number of fused-ring (bicyclic) bond motifs is 1. The van der Waals surface area contributed by atoms with Crippen LogP contribution in [0.3, 0.4) is 0 Å². The van der Waals surface area contributed by atoms with Crippen molar-refractivity contribution in [2.24, 2.45) is 0 Å². The van der Waals surface area contributed by atoms with Crippen LogP contribution in [0.5, 0.6) is 0 Å². The summed E-state index contributed by atoms with van der Waals surface area (Å²) in [6.07, 6.45) is 8.25. The Morgan fingerprint density at radius 1 is 1.07 bits per heavy atom. The summed E-state index contributed by atoms with van der Waals surface area (Å²) in [5.74, 6) is 0.887. The van der Waals surface area contributed by atoms with Gasteiger partial charge in [-0.1, -0.05) is 20.8 Å². The number of rotatable bonds is 3. The Morgan fingerprint density at radius 2 is 1.86 bits per heavy atom. The molecule has 0 spiro atoms. The summed E-state index contributed by atoms with van der Waals surface area (Å²) >= 11 is 0. The molecule has 1 N–H and O–H groups in total. The summed E-state index contributed by atoms with van der Waals surface area (Å²) in [4.78, 5) is 25.2. The Balaban J connectivity index is 0.00000150. The minimum absolute atomic E-state index is 0. The van der Waals surface area contributed by atoms with Gasteiger partial charge >= 0.3 is 0 Å². The third-order valence-electron chi connectivity index (χ3n) is 4.20. The van der Waals surface area contributed by atoms with Crippen LogP contribution in [0.1, 0.15) is 36.8 Å². The van der Waals surface area contributed by atoms with Gasteiger partial charge in [0.2, 0.25) is 0 Å². The number of hydrogen-bond acceptors (Lipinski definition) is 5. The summed E-state index contributed by atoms with van der Waals surface area (Å²) < 4.78 is 7.14. The van der Waals surface area contributed by atoms with Crippen LogP contribution in [-0.2, 0) is 5.41 Å². The van der Waals surface area contributed by atoms with Crippen molar-refractivity contribution < 1.29 is 9.21 Å². The molecule has 152 valence electrons. The second-order valence-electron chi connectivity index (χ2n) is 7.31. The van der Waals surface area contributed by atoms with Crippen molar-refractivity contribution in [3.63, 3.8) is 0 Å². The molecule has 0 aromatic carbocycles. The van der Waals surface area contributed by atoms with E-state index in [4.69, 9.17) is 4.42 Å². The molecular weight excluding hydrogens is 413 g/mol. The smallest absolute Gasteiger partial charge is 0.258 e. The van der Waals surface area contributed by atoms with Crippen molar-refractivity contribution in [3.8, 4) is 11.3 Å². The molecule has 0 aliphatic rings. The van der Waals surface area contributed by atoms with Gasteiger partial charge in [-0.15, -0.1) is 24.8 Å². The predicted molar refractivity (Wildman–Crippen MR) is 116 cm³/mol. The fourth-order valence-corrected chi connectivity index (χ4v) is 2.72. The molecule has 4 rings (SSSR count). The number of aromatic nitrogens is 4. The Labute approximate surface area is 180 Å². The normalized spacial score (nSPS) is 10.9. The molecule has 0 fully saturated rings. The van der Waals surface area contributed by atoms with Crippen LogP contribution in [0.25, 0.3) is 17.0 Å². The van der Waals surface area contributed by atoms with Gasteiger partial charge in [-0.05, 0) is 24.3 Å². The van der Waals surface area contributed by atoms with Gasteiger partial charge in [0.15, 0.2) is 18.0 Å². The zero-order valence-electron chi connectivity index (χ0n) is 16.1. The summed E-state index contributed by atoms with van der Waals surface area (Å²) in [5, 5.41) is 2.81. The molecule has 29 heavy (non-hydrogen) atoms. The van der Waals surface area contributed by atoms with Crippen molar-refractivity contribution in [1.29, 1.82) is 0 Å². The maximum atomic E-state index is 12.5. The van der Waals surface area contributed by atoms with Crippen LogP contribution >= 0.6 is 24.8 Å². The maximum Gasteiger partial charge on any atom is 0.258 e. The lowest BCUT2D eigenvalue weighted by Gasteiger charge is -2.17. The number of amides is 1. The van der Waals surface area contributed by atoms with Crippen LogP contribution in [0, 0.1) is 0 Å². The van der Waals surface area contributed by atoms with Gasteiger partial charge in [-0.2, -0.15) is 0 Å². The van der Waals surface area contributed by atoms with E-state index in [-0.39, 0.29) is 36.1 Å². The van der Waals surface area contributed by atoms with Crippen molar-refractivity contribution in [2.45, 2.75) is 26.2 Å². The fraction of sp³-hybridized carbons (Fsp3) is 0.200. The van der Waals surface area contributed by atoms with Crippen LogP contribution < -0.4 is 5.32 Å². The fourth-order valence-electron chi connectivity index (χ4n) is 2.72. The third-order valence-corrected chi connectivity index (χ3v) is 4.20.